The maximum atomic E-state index is 13.1. The van der Waals surface area contributed by atoms with Gasteiger partial charge in [0.15, 0.2) is 12.4 Å². The molecule has 6 nitrogen and oxygen atoms in total. The molecule has 158 valence electrons. The number of hydrogen-bond acceptors (Lipinski definition) is 5. The average molecular weight is 417 g/mol. The second kappa shape index (κ2) is 9.71. The third-order valence-electron chi connectivity index (χ3n) is 4.74. The van der Waals surface area contributed by atoms with E-state index in [1.807, 2.05) is 26.0 Å². The summed E-state index contributed by atoms with van der Waals surface area (Å²) in [7, 11) is 1.49. The van der Waals surface area contributed by atoms with Gasteiger partial charge >= 0.3 is 5.97 Å². The van der Waals surface area contributed by atoms with E-state index in [1.165, 1.54) is 13.2 Å². The number of hydrogen-bond donors (Lipinski definition) is 1. The maximum absolute atomic E-state index is 13.1. The Morgan fingerprint density at radius 1 is 0.839 bits per heavy atom. The van der Waals surface area contributed by atoms with Crippen molar-refractivity contribution in [2.45, 2.75) is 13.8 Å². The summed E-state index contributed by atoms with van der Waals surface area (Å²) in [5.74, 6) is -1.04. The lowest BCUT2D eigenvalue weighted by Crippen LogP contribution is -2.22. The summed E-state index contributed by atoms with van der Waals surface area (Å²) < 4.78 is 10.4. The predicted molar refractivity (Wildman–Crippen MR) is 118 cm³/mol. The van der Waals surface area contributed by atoms with Crippen LogP contribution in [0.1, 0.15) is 37.4 Å². The summed E-state index contributed by atoms with van der Waals surface area (Å²) in [6.45, 7) is 3.25. The number of nitrogens with one attached hydrogen (secondary N) is 1. The maximum Gasteiger partial charge on any atom is 0.339 e. The highest BCUT2D eigenvalue weighted by Crippen LogP contribution is 2.23. The monoisotopic (exact) mass is 417 g/mol. The van der Waals surface area contributed by atoms with E-state index >= 15 is 0 Å². The molecule has 3 aromatic rings. The largest absolute Gasteiger partial charge is 0.495 e. The Hall–Kier alpha value is -3.93. The van der Waals surface area contributed by atoms with Crippen molar-refractivity contribution in [3.05, 3.63) is 94.5 Å². The molecule has 1 amide bonds. The van der Waals surface area contributed by atoms with Crippen molar-refractivity contribution in [3.8, 4) is 5.75 Å². The molecule has 3 aromatic carbocycles. The smallest absolute Gasteiger partial charge is 0.339 e. The zero-order valence-electron chi connectivity index (χ0n) is 17.6. The normalized spacial score (nSPS) is 10.3. The topological polar surface area (TPSA) is 81.7 Å². The lowest BCUT2D eigenvalue weighted by molar-refractivity contribution is -0.119. The van der Waals surface area contributed by atoms with E-state index in [9.17, 15) is 14.4 Å². The Morgan fingerprint density at radius 3 is 2.26 bits per heavy atom. The van der Waals surface area contributed by atoms with Gasteiger partial charge in [-0.3, -0.25) is 9.59 Å². The minimum Gasteiger partial charge on any atom is -0.495 e. The van der Waals surface area contributed by atoms with Gasteiger partial charge in [-0.2, -0.15) is 0 Å². The Balaban J connectivity index is 1.73. The number of amides is 1. The summed E-state index contributed by atoms with van der Waals surface area (Å²) in [5, 5.41) is 2.64. The van der Waals surface area contributed by atoms with Crippen molar-refractivity contribution in [2.24, 2.45) is 0 Å². The number of carbonyl (C=O) groups excluding carboxylic acids is 3. The lowest BCUT2D eigenvalue weighted by Gasteiger charge is -2.12. The van der Waals surface area contributed by atoms with Crippen LogP contribution in [-0.4, -0.2) is 31.4 Å². The molecule has 31 heavy (non-hydrogen) atoms. The van der Waals surface area contributed by atoms with Crippen LogP contribution in [0.3, 0.4) is 0 Å². The number of aryl methyl sites for hydroxylation is 2. The van der Waals surface area contributed by atoms with Crippen molar-refractivity contribution < 1.29 is 23.9 Å². The number of rotatable bonds is 7. The number of para-hydroxylation sites is 2. The summed E-state index contributed by atoms with van der Waals surface area (Å²) >= 11 is 0. The fraction of sp³-hybridized carbons (Fsp3) is 0.160. The molecule has 0 aliphatic heterocycles. The molecule has 0 saturated carbocycles. The Bertz CT molecular complexity index is 1140. The average Bonchev–Trinajstić information content (AvgIpc) is 2.79. The van der Waals surface area contributed by atoms with Crippen LogP contribution in [0.5, 0.6) is 5.75 Å². The lowest BCUT2D eigenvalue weighted by atomic mass is 9.94. The number of anilines is 1. The van der Waals surface area contributed by atoms with E-state index < -0.39 is 18.5 Å². The highest BCUT2D eigenvalue weighted by atomic mass is 16.5. The first kappa shape index (κ1) is 21.8. The third kappa shape index (κ3) is 5.17. The van der Waals surface area contributed by atoms with Crippen molar-refractivity contribution in [3.63, 3.8) is 0 Å². The van der Waals surface area contributed by atoms with Crippen LogP contribution in [0.15, 0.2) is 66.7 Å². The molecule has 6 heteroatoms. The Morgan fingerprint density at radius 2 is 1.52 bits per heavy atom. The van der Waals surface area contributed by atoms with Gasteiger partial charge in [-0.25, -0.2) is 4.79 Å². The fourth-order valence-electron chi connectivity index (χ4n) is 3.13. The van der Waals surface area contributed by atoms with Gasteiger partial charge in [0.1, 0.15) is 5.75 Å². The molecular weight excluding hydrogens is 394 g/mol. The molecule has 1 N–H and O–H groups in total. The quantitative estimate of drug-likeness (QED) is 0.457. The number of ether oxygens (including phenoxy) is 2. The molecule has 0 bridgehead atoms. The van der Waals surface area contributed by atoms with Crippen LogP contribution in [0.2, 0.25) is 0 Å². The number of esters is 1. The molecule has 0 unspecified atom stereocenters. The first-order valence-corrected chi connectivity index (χ1v) is 9.71. The Kier molecular flexibility index (Phi) is 6.82. The first-order chi connectivity index (χ1) is 14.9. The van der Waals surface area contributed by atoms with Gasteiger partial charge in [0.05, 0.1) is 18.4 Å². The van der Waals surface area contributed by atoms with Crippen LogP contribution >= 0.6 is 0 Å². The molecule has 0 saturated heterocycles. The number of ketones is 1. The van der Waals surface area contributed by atoms with Gasteiger partial charge in [-0.05, 0) is 43.7 Å². The fourth-order valence-corrected chi connectivity index (χ4v) is 3.13. The molecule has 0 aromatic heterocycles. The minimum atomic E-state index is -0.746. The molecule has 0 fully saturated rings. The van der Waals surface area contributed by atoms with E-state index in [-0.39, 0.29) is 16.9 Å². The zero-order valence-corrected chi connectivity index (χ0v) is 17.6. The van der Waals surface area contributed by atoms with Crippen LogP contribution in [0, 0.1) is 13.8 Å². The van der Waals surface area contributed by atoms with Gasteiger partial charge in [0, 0.05) is 11.1 Å². The van der Waals surface area contributed by atoms with Gasteiger partial charge in [0.2, 0.25) is 0 Å². The molecular formula is C25H23NO5. The first-order valence-electron chi connectivity index (χ1n) is 9.71. The second-order valence-electron chi connectivity index (χ2n) is 7.02. The zero-order chi connectivity index (χ0) is 22.4. The number of carbonyl (C=O) groups is 3. The van der Waals surface area contributed by atoms with E-state index in [1.54, 1.807) is 48.5 Å². The highest BCUT2D eigenvalue weighted by Gasteiger charge is 2.21. The van der Waals surface area contributed by atoms with Crippen molar-refractivity contribution >= 4 is 23.3 Å². The Labute approximate surface area is 180 Å². The standard InChI is InChI=1S/C25H23NO5/c1-16-12-13-17(2)20(14-16)24(28)18-8-4-5-9-19(18)25(29)31-15-23(27)26-21-10-6-7-11-22(21)30-3/h4-14H,15H2,1-3H3,(H,26,27). The van der Waals surface area contributed by atoms with E-state index in [0.717, 1.165) is 11.1 Å². The van der Waals surface area contributed by atoms with Gasteiger partial charge in [0.25, 0.3) is 5.91 Å². The number of benzene rings is 3. The van der Waals surface area contributed by atoms with E-state index in [0.29, 0.717) is 17.0 Å². The van der Waals surface area contributed by atoms with Crippen molar-refractivity contribution in [2.75, 3.05) is 19.0 Å². The summed E-state index contributed by atoms with van der Waals surface area (Å²) in [6, 6.07) is 18.9. The summed E-state index contributed by atoms with van der Waals surface area (Å²) in [6.07, 6.45) is 0. The molecule has 3 rings (SSSR count). The van der Waals surface area contributed by atoms with Gasteiger partial charge < -0.3 is 14.8 Å². The van der Waals surface area contributed by atoms with E-state index in [4.69, 9.17) is 9.47 Å². The van der Waals surface area contributed by atoms with Crippen LogP contribution < -0.4 is 10.1 Å². The van der Waals surface area contributed by atoms with Crippen LogP contribution in [0.25, 0.3) is 0 Å². The minimum absolute atomic E-state index is 0.110. The molecule has 0 aliphatic rings. The van der Waals surface area contributed by atoms with Crippen LogP contribution in [0.4, 0.5) is 5.69 Å². The molecule has 0 radical (unpaired) electrons. The molecule has 0 atom stereocenters. The second-order valence-corrected chi connectivity index (χ2v) is 7.02. The van der Waals surface area contributed by atoms with Crippen molar-refractivity contribution in [1.82, 2.24) is 0 Å². The summed E-state index contributed by atoms with van der Waals surface area (Å²) in [4.78, 5) is 38.0. The third-order valence-corrected chi connectivity index (χ3v) is 4.74. The summed E-state index contributed by atoms with van der Waals surface area (Å²) in [5.41, 5.74) is 3.09. The highest BCUT2D eigenvalue weighted by molar-refractivity contribution is 6.15. The van der Waals surface area contributed by atoms with Gasteiger partial charge in [-0.15, -0.1) is 0 Å². The van der Waals surface area contributed by atoms with Gasteiger partial charge in [-0.1, -0.05) is 48.0 Å². The predicted octanol–water partition coefficient (Wildman–Crippen LogP) is 4.34. The SMILES string of the molecule is COc1ccccc1NC(=O)COC(=O)c1ccccc1C(=O)c1cc(C)ccc1C. The van der Waals surface area contributed by atoms with Crippen molar-refractivity contribution in [1.29, 1.82) is 0 Å². The number of methoxy groups -OCH3 is 1. The van der Waals surface area contributed by atoms with Crippen LogP contribution in [-0.2, 0) is 9.53 Å². The molecule has 0 spiro atoms. The molecule has 0 aliphatic carbocycles. The molecule has 0 heterocycles. The van der Waals surface area contributed by atoms with E-state index in [2.05, 4.69) is 5.32 Å².